The minimum absolute atomic E-state index is 0.0330. The number of rotatable bonds is 7. The zero-order chi connectivity index (χ0) is 19.1. The van der Waals surface area contributed by atoms with Gasteiger partial charge in [0, 0.05) is 11.8 Å². The smallest absolute Gasteiger partial charge is 0.306 e. The van der Waals surface area contributed by atoms with Crippen LogP contribution in [0.4, 0.5) is 11.4 Å². The van der Waals surface area contributed by atoms with Gasteiger partial charge in [-0.05, 0) is 23.6 Å². The number of carbonyl (C=O) groups excluding carboxylic acids is 2. The summed E-state index contributed by atoms with van der Waals surface area (Å²) >= 11 is 5.71. The molecule has 2 aromatic rings. The van der Waals surface area contributed by atoms with Crippen molar-refractivity contribution in [2.24, 2.45) is 0 Å². The molecule has 0 aliphatic carbocycles. The van der Waals surface area contributed by atoms with Gasteiger partial charge in [-0.1, -0.05) is 48.9 Å². The average molecular weight is 377 g/mol. The number of benzene rings is 2. The second-order valence-electron chi connectivity index (χ2n) is 5.65. The third kappa shape index (κ3) is 5.56. The van der Waals surface area contributed by atoms with Gasteiger partial charge < -0.3 is 10.1 Å². The van der Waals surface area contributed by atoms with Crippen molar-refractivity contribution in [3.8, 4) is 0 Å². The Kier molecular flexibility index (Phi) is 6.68. The van der Waals surface area contributed by atoms with E-state index in [4.69, 9.17) is 16.3 Å². The van der Waals surface area contributed by atoms with E-state index in [1.807, 2.05) is 37.3 Å². The number of nitro benzene ring substituents is 1. The molecule has 0 unspecified atom stereocenters. The van der Waals surface area contributed by atoms with E-state index in [9.17, 15) is 19.7 Å². The molecule has 1 amide bonds. The minimum Gasteiger partial charge on any atom is -0.456 e. The number of hydrogen-bond donors (Lipinski definition) is 1. The summed E-state index contributed by atoms with van der Waals surface area (Å²) in [5.41, 5.74) is 0.875. The Morgan fingerprint density at radius 1 is 1.23 bits per heavy atom. The third-order valence-corrected chi connectivity index (χ3v) is 3.95. The van der Waals surface area contributed by atoms with Crippen molar-refractivity contribution in [2.75, 3.05) is 11.9 Å². The lowest BCUT2D eigenvalue weighted by Gasteiger charge is -2.11. The number of nitrogens with one attached hydrogen (secondary N) is 1. The average Bonchev–Trinajstić information content (AvgIpc) is 2.62. The first kappa shape index (κ1) is 19.4. The lowest BCUT2D eigenvalue weighted by molar-refractivity contribution is -0.384. The normalized spacial score (nSPS) is 11.5. The van der Waals surface area contributed by atoms with E-state index in [-0.39, 0.29) is 28.7 Å². The molecule has 7 nitrogen and oxygen atoms in total. The van der Waals surface area contributed by atoms with Crippen LogP contribution in [0.3, 0.4) is 0 Å². The van der Waals surface area contributed by atoms with Crippen molar-refractivity contribution in [1.29, 1.82) is 0 Å². The monoisotopic (exact) mass is 376 g/mol. The van der Waals surface area contributed by atoms with Gasteiger partial charge in [-0.25, -0.2) is 0 Å². The van der Waals surface area contributed by atoms with Crippen LogP contribution < -0.4 is 5.32 Å². The summed E-state index contributed by atoms with van der Waals surface area (Å²) in [7, 11) is 0. The first-order chi connectivity index (χ1) is 12.4. The van der Waals surface area contributed by atoms with E-state index in [1.165, 1.54) is 12.1 Å². The van der Waals surface area contributed by atoms with E-state index < -0.39 is 23.4 Å². The zero-order valence-corrected chi connectivity index (χ0v) is 14.7. The molecule has 8 heteroatoms. The van der Waals surface area contributed by atoms with Gasteiger partial charge in [0.15, 0.2) is 6.61 Å². The SMILES string of the molecule is C[C@@H](CC(=O)OCC(=O)Nc1ccc(Cl)c([N+](=O)[O-])c1)c1ccccc1. The third-order valence-electron chi connectivity index (χ3n) is 3.63. The van der Waals surface area contributed by atoms with Crippen LogP contribution in [0.1, 0.15) is 24.8 Å². The number of amides is 1. The molecule has 26 heavy (non-hydrogen) atoms. The molecule has 0 aromatic heterocycles. The van der Waals surface area contributed by atoms with Crippen LogP contribution in [0.2, 0.25) is 5.02 Å². The summed E-state index contributed by atoms with van der Waals surface area (Å²) in [5.74, 6) is -1.13. The Balaban J connectivity index is 1.84. The number of anilines is 1. The van der Waals surface area contributed by atoms with Crippen LogP contribution in [0, 0.1) is 10.1 Å². The largest absolute Gasteiger partial charge is 0.456 e. The molecule has 2 aromatic carbocycles. The van der Waals surface area contributed by atoms with Crippen LogP contribution in [-0.4, -0.2) is 23.4 Å². The van der Waals surface area contributed by atoms with Gasteiger partial charge in [0.1, 0.15) is 5.02 Å². The van der Waals surface area contributed by atoms with E-state index >= 15 is 0 Å². The van der Waals surface area contributed by atoms with Crippen LogP contribution in [0.5, 0.6) is 0 Å². The van der Waals surface area contributed by atoms with Crippen molar-refractivity contribution in [3.05, 3.63) is 69.2 Å². The van der Waals surface area contributed by atoms with Gasteiger partial charge in [-0.2, -0.15) is 0 Å². The number of nitro groups is 1. The highest BCUT2D eigenvalue weighted by molar-refractivity contribution is 6.32. The molecule has 0 radical (unpaired) electrons. The summed E-state index contributed by atoms with van der Waals surface area (Å²) in [5, 5.41) is 13.2. The molecule has 0 saturated carbocycles. The maximum atomic E-state index is 11.9. The number of nitrogens with zero attached hydrogens (tertiary/aromatic N) is 1. The van der Waals surface area contributed by atoms with Gasteiger partial charge in [0.05, 0.1) is 11.3 Å². The fourth-order valence-corrected chi connectivity index (χ4v) is 2.47. The highest BCUT2D eigenvalue weighted by Crippen LogP contribution is 2.27. The predicted octanol–water partition coefficient (Wildman–Crippen LogP) is 3.92. The molecule has 0 bridgehead atoms. The highest BCUT2D eigenvalue weighted by atomic mass is 35.5. The van der Waals surface area contributed by atoms with Gasteiger partial charge in [0.25, 0.3) is 11.6 Å². The molecule has 0 saturated heterocycles. The van der Waals surface area contributed by atoms with Crippen LogP contribution in [0.15, 0.2) is 48.5 Å². The standard InChI is InChI=1S/C18H17ClN2O5/c1-12(13-5-3-2-4-6-13)9-18(23)26-11-17(22)20-14-7-8-15(19)16(10-14)21(24)25/h2-8,10,12H,9,11H2,1H3,(H,20,22)/t12-/m0/s1. The second-order valence-corrected chi connectivity index (χ2v) is 6.06. The molecule has 1 atom stereocenters. The van der Waals surface area contributed by atoms with Crippen molar-refractivity contribution < 1.29 is 19.2 Å². The van der Waals surface area contributed by atoms with E-state index in [0.717, 1.165) is 11.6 Å². The lowest BCUT2D eigenvalue weighted by atomic mass is 9.98. The first-order valence-electron chi connectivity index (χ1n) is 7.81. The summed E-state index contributed by atoms with van der Waals surface area (Å²) in [6.07, 6.45) is 0.143. The summed E-state index contributed by atoms with van der Waals surface area (Å²) in [6, 6.07) is 13.4. The van der Waals surface area contributed by atoms with Crippen molar-refractivity contribution in [2.45, 2.75) is 19.3 Å². The van der Waals surface area contributed by atoms with E-state index in [0.29, 0.717) is 0 Å². The Labute approximate surface area is 155 Å². The Morgan fingerprint density at radius 2 is 1.92 bits per heavy atom. The maximum Gasteiger partial charge on any atom is 0.306 e. The minimum atomic E-state index is -0.650. The topological polar surface area (TPSA) is 98.5 Å². The predicted molar refractivity (Wildman–Crippen MR) is 97.2 cm³/mol. The summed E-state index contributed by atoms with van der Waals surface area (Å²) in [6.45, 7) is 1.42. The molecule has 0 heterocycles. The molecule has 0 aliphatic rings. The first-order valence-corrected chi connectivity index (χ1v) is 8.19. The molecule has 2 rings (SSSR count). The molecule has 0 spiro atoms. The lowest BCUT2D eigenvalue weighted by Crippen LogP contribution is -2.21. The molecule has 1 N–H and O–H groups in total. The summed E-state index contributed by atoms with van der Waals surface area (Å²) in [4.78, 5) is 33.9. The van der Waals surface area contributed by atoms with Crippen LogP contribution in [0.25, 0.3) is 0 Å². The van der Waals surface area contributed by atoms with Crippen LogP contribution in [-0.2, 0) is 14.3 Å². The maximum absolute atomic E-state index is 11.9. The Morgan fingerprint density at radius 3 is 2.58 bits per heavy atom. The van der Waals surface area contributed by atoms with Gasteiger partial charge >= 0.3 is 5.97 Å². The number of ether oxygens (including phenoxy) is 1. The van der Waals surface area contributed by atoms with Crippen molar-refractivity contribution >= 4 is 34.9 Å². The number of carbonyl (C=O) groups is 2. The van der Waals surface area contributed by atoms with E-state index in [1.54, 1.807) is 0 Å². The fourth-order valence-electron chi connectivity index (χ4n) is 2.28. The number of hydrogen-bond acceptors (Lipinski definition) is 5. The van der Waals surface area contributed by atoms with E-state index in [2.05, 4.69) is 5.32 Å². The fraction of sp³-hybridized carbons (Fsp3) is 0.222. The number of halogens is 1. The second kappa shape index (κ2) is 8.96. The molecular formula is C18H17ClN2O5. The molecule has 0 fully saturated rings. The quantitative estimate of drug-likeness (QED) is 0.448. The van der Waals surface area contributed by atoms with Gasteiger partial charge in [0.2, 0.25) is 0 Å². The van der Waals surface area contributed by atoms with Gasteiger partial charge in [-0.15, -0.1) is 0 Å². The number of esters is 1. The van der Waals surface area contributed by atoms with Crippen LogP contribution >= 0.6 is 11.6 Å². The van der Waals surface area contributed by atoms with Crippen molar-refractivity contribution in [3.63, 3.8) is 0 Å². The van der Waals surface area contributed by atoms with Gasteiger partial charge in [-0.3, -0.25) is 19.7 Å². The zero-order valence-electron chi connectivity index (χ0n) is 14.0. The molecule has 136 valence electrons. The van der Waals surface area contributed by atoms with Crippen molar-refractivity contribution in [1.82, 2.24) is 0 Å². The molecular weight excluding hydrogens is 360 g/mol. The molecule has 0 aliphatic heterocycles. The Bertz CT molecular complexity index is 810. The Hall–Kier alpha value is -2.93. The summed E-state index contributed by atoms with van der Waals surface area (Å²) < 4.78 is 4.96. The highest BCUT2D eigenvalue weighted by Gasteiger charge is 2.16.